The van der Waals surface area contributed by atoms with Crippen LogP contribution in [0.4, 0.5) is 11.5 Å². The van der Waals surface area contributed by atoms with E-state index in [2.05, 4.69) is 20.3 Å². The van der Waals surface area contributed by atoms with Gasteiger partial charge in [0.15, 0.2) is 28.5 Å². The van der Waals surface area contributed by atoms with Crippen LogP contribution in [0.2, 0.25) is 0 Å². The molecular formula is C16H17N5O4. The molecule has 1 aromatic carbocycles. The Hall–Kier alpha value is -3.07. The zero-order valence-corrected chi connectivity index (χ0v) is 13.5. The summed E-state index contributed by atoms with van der Waals surface area (Å²) in [6.45, 7) is 0.685. The summed E-state index contributed by atoms with van der Waals surface area (Å²) in [7, 11) is 1.47. The smallest absolute Gasteiger partial charge is 0.318 e. The van der Waals surface area contributed by atoms with E-state index in [0.717, 1.165) is 12.8 Å². The minimum absolute atomic E-state index is 0.0604. The molecule has 25 heavy (non-hydrogen) atoms. The average Bonchev–Trinajstić information content (AvgIpc) is 3.25. The third-order valence-corrected chi connectivity index (χ3v) is 4.10. The zero-order valence-electron chi connectivity index (χ0n) is 13.5. The Morgan fingerprint density at radius 2 is 2.20 bits per heavy atom. The van der Waals surface area contributed by atoms with E-state index in [9.17, 15) is 10.2 Å². The fourth-order valence-electron chi connectivity index (χ4n) is 2.90. The van der Waals surface area contributed by atoms with Crippen molar-refractivity contribution >= 4 is 22.7 Å². The molecule has 130 valence electrons. The first kappa shape index (κ1) is 15.5. The van der Waals surface area contributed by atoms with Gasteiger partial charge >= 0.3 is 6.01 Å². The van der Waals surface area contributed by atoms with Gasteiger partial charge in [-0.15, -0.1) is 0 Å². The number of nitrogens with one attached hydrogen (secondary N) is 1. The van der Waals surface area contributed by atoms with Crippen LogP contribution in [0.15, 0.2) is 24.5 Å². The molecule has 1 aliphatic rings. The van der Waals surface area contributed by atoms with Crippen molar-refractivity contribution < 1.29 is 19.7 Å². The van der Waals surface area contributed by atoms with Crippen LogP contribution < -0.4 is 10.1 Å². The standard InChI is InChI=1S/C16H17N5O4/c1-24-10-5-2-4-9(13(10)22)18-14-12-15(20-16(23)19-14)21(8-17-12)11-6-3-7-25-11/h2,4-5,8,11,22H,3,6-7H2,1H3,(H2,18,19,20,23). The summed E-state index contributed by atoms with van der Waals surface area (Å²) in [4.78, 5) is 12.4. The lowest BCUT2D eigenvalue weighted by molar-refractivity contribution is 0.0592. The molecule has 3 aromatic rings. The molecule has 0 bridgehead atoms. The molecule has 2 aromatic heterocycles. The van der Waals surface area contributed by atoms with Crippen LogP contribution in [0.25, 0.3) is 11.2 Å². The summed E-state index contributed by atoms with van der Waals surface area (Å²) in [5, 5.41) is 23.1. The Balaban J connectivity index is 1.77. The highest BCUT2D eigenvalue weighted by Crippen LogP contribution is 2.37. The first-order valence-electron chi connectivity index (χ1n) is 7.85. The maximum Gasteiger partial charge on any atom is 0.318 e. The van der Waals surface area contributed by atoms with E-state index in [1.807, 2.05) is 0 Å². The first-order chi connectivity index (χ1) is 12.2. The largest absolute Gasteiger partial charge is 0.503 e. The summed E-state index contributed by atoms with van der Waals surface area (Å²) < 4.78 is 12.5. The topological polar surface area (TPSA) is 115 Å². The predicted molar refractivity (Wildman–Crippen MR) is 89.2 cm³/mol. The summed E-state index contributed by atoms with van der Waals surface area (Å²) in [6.07, 6.45) is 3.28. The van der Waals surface area contributed by atoms with E-state index in [1.165, 1.54) is 7.11 Å². The fourth-order valence-corrected chi connectivity index (χ4v) is 2.90. The van der Waals surface area contributed by atoms with Gasteiger partial charge in [-0.05, 0) is 25.0 Å². The molecule has 1 saturated heterocycles. The van der Waals surface area contributed by atoms with Gasteiger partial charge in [-0.25, -0.2) is 4.98 Å². The molecule has 1 aliphatic heterocycles. The van der Waals surface area contributed by atoms with Gasteiger partial charge in [0, 0.05) is 6.61 Å². The van der Waals surface area contributed by atoms with Crippen molar-refractivity contribution in [3.05, 3.63) is 24.5 Å². The highest BCUT2D eigenvalue weighted by atomic mass is 16.5. The van der Waals surface area contributed by atoms with E-state index in [1.54, 1.807) is 29.1 Å². The van der Waals surface area contributed by atoms with Gasteiger partial charge in [0.25, 0.3) is 0 Å². The third-order valence-electron chi connectivity index (χ3n) is 4.10. The molecule has 0 aliphatic carbocycles. The van der Waals surface area contributed by atoms with Crippen LogP contribution in [0.3, 0.4) is 0 Å². The lowest BCUT2D eigenvalue weighted by Crippen LogP contribution is -2.07. The number of rotatable bonds is 4. The molecule has 0 saturated carbocycles. The van der Waals surface area contributed by atoms with Crippen molar-refractivity contribution in [2.24, 2.45) is 0 Å². The van der Waals surface area contributed by atoms with E-state index in [4.69, 9.17) is 9.47 Å². The van der Waals surface area contributed by atoms with Crippen LogP contribution in [0, 0.1) is 0 Å². The molecule has 9 heteroatoms. The number of benzene rings is 1. The lowest BCUT2D eigenvalue weighted by atomic mass is 10.2. The number of fused-ring (bicyclic) bond motifs is 1. The number of aromatic nitrogens is 4. The second-order valence-corrected chi connectivity index (χ2v) is 5.65. The van der Waals surface area contributed by atoms with Crippen molar-refractivity contribution in [2.45, 2.75) is 19.1 Å². The second kappa shape index (κ2) is 6.10. The quantitative estimate of drug-likeness (QED) is 0.618. The molecule has 0 spiro atoms. The number of nitrogens with zero attached hydrogens (tertiary/aromatic N) is 4. The van der Waals surface area contributed by atoms with Gasteiger partial charge in [0.1, 0.15) is 6.23 Å². The number of anilines is 2. The number of aromatic hydroxyl groups is 2. The SMILES string of the molecule is COc1cccc(Nc2nc(O)nc3c2ncn3C2CCCO2)c1O. The summed E-state index contributed by atoms with van der Waals surface area (Å²) >= 11 is 0. The number of ether oxygens (including phenoxy) is 2. The van der Waals surface area contributed by atoms with Crippen LogP contribution in [-0.4, -0.2) is 43.4 Å². The summed E-state index contributed by atoms with van der Waals surface area (Å²) in [5.41, 5.74) is 1.31. The monoisotopic (exact) mass is 343 g/mol. The van der Waals surface area contributed by atoms with Gasteiger partial charge in [-0.3, -0.25) is 4.57 Å². The summed E-state index contributed by atoms with van der Waals surface area (Å²) in [6, 6.07) is 4.64. The van der Waals surface area contributed by atoms with E-state index >= 15 is 0 Å². The number of phenolic OH excluding ortho intramolecular Hbond substituents is 1. The molecule has 3 heterocycles. The molecule has 0 radical (unpaired) electrons. The number of hydrogen-bond acceptors (Lipinski definition) is 8. The van der Waals surface area contributed by atoms with Gasteiger partial charge in [0.05, 0.1) is 19.1 Å². The minimum atomic E-state index is -0.392. The molecule has 9 nitrogen and oxygen atoms in total. The highest BCUT2D eigenvalue weighted by Gasteiger charge is 2.22. The molecule has 3 N–H and O–H groups in total. The van der Waals surface area contributed by atoms with Gasteiger partial charge in [-0.2, -0.15) is 9.97 Å². The Morgan fingerprint density at radius 3 is 2.96 bits per heavy atom. The van der Waals surface area contributed by atoms with Gasteiger partial charge in [-0.1, -0.05) is 6.07 Å². The third kappa shape index (κ3) is 2.68. The normalized spacial score (nSPS) is 17.1. The number of hydrogen-bond donors (Lipinski definition) is 3. The minimum Gasteiger partial charge on any atom is -0.503 e. The maximum atomic E-state index is 10.2. The Bertz CT molecular complexity index is 920. The van der Waals surface area contributed by atoms with Crippen molar-refractivity contribution in [2.75, 3.05) is 19.0 Å². The number of para-hydroxylation sites is 1. The van der Waals surface area contributed by atoms with E-state index < -0.39 is 6.01 Å². The Labute approximate surface area is 142 Å². The molecular weight excluding hydrogens is 326 g/mol. The van der Waals surface area contributed by atoms with Crippen molar-refractivity contribution in [1.82, 2.24) is 19.5 Å². The predicted octanol–water partition coefficient (Wildman–Crippen LogP) is 2.30. The maximum absolute atomic E-state index is 10.2. The average molecular weight is 343 g/mol. The van der Waals surface area contributed by atoms with Crippen molar-refractivity contribution in [3.8, 4) is 17.5 Å². The number of phenols is 1. The number of methoxy groups -OCH3 is 1. The lowest BCUT2D eigenvalue weighted by Gasteiger charge is -2.13. The highest BCUT2D eigenvalue weighted by molar-refractivity contribution is 5.87. The molecule has 1 atom stereocenters. The Kier molecular flexibility index (Phi) is 3.77. The fraction of sp³-hybridized carbons (Fsp3) is 0.312. The number of imidazole rings is 1. The van der Waals surface area contributed by atoms with E-state index in [-0.39, 0.29) is 17.8 Å². The molecule has 4 rings (SSSR count). The van der Waals surface area contributed by atoms with E-state index in [0.29, 0.717) is 29.2 Å². The van der Waals surface area contributed by atoms with Crippen molar-refractivity contribution in [1.29, 1.82) is 0 Å². The van der Waals surface area contributed by atoms with Crippen molar-refractivity contribution in [3.63, 3.8) is 0 Å². The first-order valence-corrected chi connectivity index (χ1v) is 7.85. The van der Waals surface area contributed by atoms with Crippen LogP contribution >= 0.6 is 0 Å². The second-order valence-electron chi connectivity index (χ2n) is 5.65. The summed E-state index contributed by atoms with van der Waals surface area (Å²) in [5.74, 6) is 0.544. The van der Waals surface area contributed by atoms with Gasteiger partial charge in [0.2, 0.25) is 0 Å². The van der Waals surface area contributed by atoms with Crippen LogP contribution in [0.5, 0.6) is 17.5 Å². The molecule has 1 fully saturated rings. The van der Waals surface area contributed by atoms with Gasteiger partial charge < -0.3 is 25.0 Å². The molecule has 1 unspecified atom stereocenters. The Morgan fingerprint density at radius 1 is 1.32 bits per heavy atom. The van der Waals surface area contributed by atoms with Crippen LogP contribution in [-0.2, 0) is 4.74 Å². The zero-order chi connectivity index (χ0) is 17.4. The molecule has 0 amide bonds. The van der Waals surface area contributed by atoms with Crippen LogP contribution in [0.1, 0.15) is 19.1 Å².